The van der Waals surface area contributed by atoms with Crippen molar-refractivity contribution in [1.29, 1.82) is 0 Å². The van der Waals surface area contributed by atoms with Crippen LogP contribution in [0.1, 0.15) is 24.2 Å². The molecule has 0 bridgehead atoms. The van der Waals surface area contributed by atoms with Gasteiger partial charge in [-0.15, -0.1) is 0 Å². The molecule has 0 aliphatic rings. The molecule has 7 nitrogen and oxygen atoms in total. The Balaban J connectivity index is 2.04. The topological polar surface area (TPSA) is 94.4 Å². The minimum absolute atomic E-state index is 0.0324. The highest BCUT2D eigenvalue weighted by molar-refractivity contribution is 7.99. The molecule has 1 N–H and O–H groups in total. The van der Waals surface area contributed by atoms with Crippen LogP contribution in [0.25, 0.3) is 0 Å². The number of nitrogens with zero attached hydrogens (tertiary/aromatic N) is 1. The zero-order valence-electron chi connectivity index (χ0n) is 15.8. The first-order chi connectivity index (χ1) is 13.4. The van der Waals surface area contributed by atoms with Crippen molar-refractivity contribution in [2.45, 2.75) is 23.6 Å². The monoisotopic (exact) mass is 403 g/mol. The Morgan fingerprint density at radius 1 is 1.04 bits per heavy atom. The average Bonchev–Trinajstić information content (AvgIpc) is 2.67. The van der Waals surface area contributed by atoms with E-state index in [9.17, 15) is 14.7 Å². The molecular formula is C20H21NO6S. The lowest BCUT2D eigenvalue weighted by atomic mass is 10.1. The van der Waals surface area contributed by atoms with Crippen molar-refractivity contribution in [1.82, 2.24) is 0 Å². The summed E-state index contributed by atoms with van der Waals surface area (Å²) in [5.41, 5.74) is 0.0506. The van der Waals surface area contributed by atoms with Gasteiger partial charge in [0.1, 0.15) is 23.8 Å². The first kappa shape index (κ1) is 21.5. The van der Waals surface area contributed by atoms with Crippen LogP contribution in [0.5, 0.6) is 11.5 Å². The molecule has 2 rings (SSSR count). The second kappa shape index (κ2) is 10.5. The number of hydrogen-bond donors (Lipinski definition) is 1. The van der Waals surface area contributed by atoms with Crippen molar-refractivity contribution >= 4 is 29.2 Å². The summed E-state index contributed by atoms with van der Waals surface area (Å²) in [5, 5.41) is 13.6. The van der Waals surface area contributed by atoms with E-state index in [4.69, 9.17) is 9.47 Å². The van der Waals surface area contributed by atoms with Crippen molar-refractivity contribution in [3.8, 4) is 11.5 Å². The smallest absolute Gasteiger partial charge is 0.331 e. The summed E-state index contributed by atoms with van der Waals surface area (Å²) in [6.07, 6.45) is 0. The van der Waals surface area contributed by atoms with Gasteiger partial charge in [-0.1, -0.05) is 16.9 Å². The zero-order chi connectivity index (χ0) is 20.5. The van der Waals surface area contributed by atoms with Gasteiger partial charge in [0.05, 0.1) is 12.2 Å². The van der Waals surface area contributed by atoms with Gasteiger partial charge in [-0.05, 0) is 49.4 Å². The summed E-state index contributed by atoms with van der Waals surface area (Å²) >= 11 is 1.43. The molecule has 0 atom stereocenters. The van der Waals surface area contributed by atoms with Crippen LogP contribution in [0.3, 0.4) is 0 Å². The van der Waals surface area contributed by atoms with Gasteiger partial charge in [0.2, 0.25) is 5.78 Å². The second-order valence-electron chi connectivity index (χ2n) is 5.68. The number of ether oxygens (including phenoxy) is 2. The van der Waals surface area contributed by atoms with Crippen LogP contribution < -0.4 is 4.74 Å². The minimum Gasteiger partial charge on any atom is -0.507 e. The van der Waals surface area contributed by atoms with E-state index < -0.39 is 11.8 Å². The molecule has 0 aliphatic heterocycles. The highest BCUT2D eigenvalue weighted by Gasteiger charge is 2.16. The summed E-state index contributed by atoms with van der Waals surface area (Å²) in [5.74, 6) is -0.578. The largest absolute Gasteiger partial charge is 0.507 e. The maximum Gasteiger partial charge on any atom is 0.331 e. The Labute approximate surface area is 167 Å². The van der Waals surface area contributed by atoms with E-state index in [1.165, 1.54) is 37.7 Å². The lowest BCUT2D eigenvalue weighted by Gasteiger charge is -2.08. The van der Waals surface area contributed by atoms with E-state index in [1.54, 1.807) is 13.2 Å². The highest BCUT2D eigenvalue weighted by Crippen LogP contribution is 2.32. The van der Waals surface area contributed by atoms with Crippen LogP contribution in [0.2, 0.25) is 0 Å². The van der Waals surface area contributed by atoms with Gasteiger partial charge in [-0.2, -0.15) is 0 Å². The predicted octanol–water partition coefficient (Wildman–Crippen LogP) is 3.69. The van der Waals surface area contributed by atoms with Crippen LogP contribution in [0.15, 0.2) is 57.4 Å². The van der Waals surface area contributed by atoms with Gasteiger partial charge in [0, 0.05) is 23.8 Å². The number of rotatable bonds is 9. The highest BCUT2D eigenvalue weighted by atomic mass is 32.2. The quantitative estimate of drug-likeness (QED) is 0.224. The first-order valence-electron chi connectivity index (χ1n) is 8.40. The third-order valence-electron chi connectivity index (χ3n) is 3.47. The number of phenols is 1. The van der Waals surface area contributed by atoms with E-state index in [0.29, 0.717) is 13.2 Å². The summed E-state index contributed by atoms with van der Waals surface area (Å²) in [6, 6.07) is 12.2. The first-order valence-corrected chi connectivity index (χ1v) is 9.22. The third-order valence-corrected chi connectivity index (χ3v) is 4.47. The summed E-state index contributed by atoms with van der Waals surface area (Å²) in [7, 11) is 1.62. The molecule has 0 radical (unpaired) electrons. The molecule has 148 valence electrons. The summed E-state index contributed by atoms with van der Waals surface area (Å²) < 4.78 is 10.5. The number of carbonyl (C=O) groups excluding carboxylic acids is 2. The fraction of sp³-hybridized carbons (Fsp3) is 0.250. The summed E-state index contributed by atoms with van der Waals surface area (Å²) in [6.45, 7) is 3.59. The van der Waals surface area contributed by atoms with Crippen molar-refractivity contribution in [2.24, 2.45) is 5.16 Å². The summed E-state index contributed by atoms with van der Waals surface area (Å²) in [4.78, 5) is 29.2. The van der Waals surface area contributed by atoms with Crippen molar-refractivity contribution in [2.75, 3.05) is 20.3 Å². The molecule has 0 aromatic heterocycles. The molecule has 0 fully saturated rings. The molecule has 0 aliphatic carbocycles. The number of aromatic hydroxyl groups is 1. The molecule has 0 spiro atoms. The number of carbonyl (C=O) groups is 2. The minimum atomic E-state index is -0.627. The number of phenolic OH excluding ortho intramolecular Hbond substituents is 1. The SMILES string of the molecule is COCCOc1ccc(Sc2ccc(C(=O)/C(C)=N/OC(C)=O)c(O)c2)cc1. The van der Waals surface area contributed by atoms with E-state index in [1.807, 2.05) is 24.3 Å². The van der Waals surface area contributed by atoms with E-state index >= 15 is 0 Å². The maximum absolute atomic E-state index is 12.3. The molecule has 0 saturated heterocycles. The average molecular weight is 403 g/mol. The van der Waals surface area contributed by atoms with Crippen LogP contribution in [0, 0.1) is 0 Å². The van der Waals surface area contributed by atoms with E-state index in [0.717, 1.165) is 15.5 Å². The normalized spacial score (nSPS) is 11.2. The lowest BCUT2D eigenvalue weighted by molar-refractivity contribution is -0.140. The maximum atomic E-state index is 12.3. The Bertz CT molecular complexity index is 863. The molecule has 0 unspecified atom stereocenters. The zero-order valence-corrected chi connectivity index (χ0v) is 16.6. The molecule has 8 heteroatoms. The van der Waals surface area contributed by atoms with E-state index in [2.05, 4.69) is 9.99 Å². The molecule has 0 heterocycles. The molecule has 28 heavy (non-hydrogen) atoms. The van der Waals surface area contributed by atoms with Crippen LogP contribution >= 0.6 is 11.8 Å². The second-order valence-corrected chi connectivity index (χ2v) is 6.83. The Hall–Kier alpha value is -2.84. The Morgan fingerprint density at radius 2 is 1.71 bits per heavy atom. The number of benzene rings is 2. The fourth-order valence-corrected chi connectivity index (χ4v) is 2.97. The molecule has 0 amide bonds. The van der Waals surface area contributed by atoms with Gasteiger partial charge < -0.3 is 19.4 Å². The third kappa shape index (κ3) is 6.40. The number of methoxy groups -OCH3 is 1. The van der Waals surface area contributed by atoms with E-state index in [-0.39, 0.29) is 17.0 Å². The van der Waals surface area contributed by atoms with Gasteiger partial charge in [0.25, 0.3) is 0 Å². The fourth-order valence-electron chi connectivity index (χ4n) is 2.12. The van der Waals surface area contributed by atoms with Crippen molar-refractivity contribution in [3.63, 3.8) is 0 Å². The Kier molecular flexibility index (Phi) is 8.03. The standard InChI is InChI=1S/C20H21NO6S/c1-13(21-27-14(2)22)20(24)18-9-8-17(12-19(18)23)28-16-6-4-15(5-7-16)26-11-10-25-3/h4-9,12,23H,10-11H2,1-3H3/b21-13+. The molecule has 0 saturated carbocycles. The van der Waals surface area contributed by atoms with Gasteiger partial charge in [-0.25, -0.2) is 4.79 Å². The number of hydrogen-bond acceptors (Lipinski definition) is 8. The van der Waals surface area contributed by atoms with Crippen LogP contribution in [0.4, 0.5) is 0 Å². The van der Waals surface area contributed by atoms with Gasteiger partial charge in [-0.3, -0.25) is 4.79 Å². The molecule has 2 aromatic carbocycles. The molecular weight excluding hydrogens is 382 g/mol. The number of Topliss-reactive ketones (excluding diaryl/α,β-unsaturated/α-hetero) is 1. The number of oxime groups is 1. The van der Waals surface area contributed by atoms with Crippen molar-refractivity contribution < 1.29 is 29.0 Å². The Morgan fingerprint density at radius 3 is 2.32 bits per heavy atom. The van der Waals surface area contributed by atoms with Gasteiger partial charge in [0.15, 0.2) is 0 Å². The van der Waals surface area contributed by atoms with Crippen molar-refractivity contribution in [3.05, 3.63) is 48.0 Å². The lowest BCUT2D eigenvalue weighted by Crippen LogP contribution is -2.12. The molecule has 2 aromatic rings. The van der Waals surface area contributed by atoms with Gasteiger partial charge >= 0.3 is 5.97 Å². The van der Waals surface area contributed by atoms with Crippen LogP contribution in [-0.2, 0) is 14.4 Å². The predicted molar refractivity (Wildman–Crippen MR) is 105 cm³/mol. The van der Waals surface area contributed by atoms with Crippen LogP contribution in [-0.4, -0.2) is 42.9 Å². The number of ketones is 1.